The molecule has 0 bridgehead atoms. The molecular formula is C76H96O24. The van der Waals surface area contributed by atoms with Gasteiger partial charge in [0.25, 0.3) is 0 Å². The van der Waals surface area contributed by atoms with Crippen LogP contribution in [0.5, 0.6) is 115 Å². The molecule has 0 saturated heterocycles. The lowest BCUT2D eigenvalue weighted by Crippen LogP contribution is -2.33. The third-order valence-corrected chi connectivity index (χ3v) is 15.6. The van der Waals surface area contributed by atoms with E-state index in [9.17, 15) is 71.5 Å². The summed E-state index contributed by atoms with van der Waals surface area (Å²) in [5.74, 6) is 1.47. The van der Waals surface area contributed by atoms with E-state index >= 15 is 0 Å². The second-order valence-electron chi connectivity index (χ2n) is 22.1. The Morgan fingerprint density at radius 2 is 0.670 bits per heavy atom. The van der Waals surface area contributed by atoms with Gasteiger partial charge in [-0.1, -0.05) is 86.1 Å². The largest absolute Gasteiger partial charge is 0.508 e. The van der Waals surface area contributed by atoms with Gasteiger partial charge < -0.3 is 119 Å². The molecule has 8 aromatic rings. The van der Waals surface area contributed by atoms with Crippen molar-refractivity contribution in [3.8, 4) is 115 Å². The monoisotopic (exact) mass is 1390 g/mol. The average Bonchev–Trinajstić information content (AvgIpc) is 0.803. The minimum Gasteiger partial charge on any atom is -0.508 e. The summed E-state index contributed by atoms with van der Waals surface area (Å²) < 4.78 is 55.5. The van der Waals surface area contributed by atoms with Crippen molar-refractivity contribution < 1.29 is 119 Å². The molecule has 4 heterocycles. The van der Waals surface area contributed by atoms with Gasteiger partial charge in [0.1, 0.15) is 93.4 Å². The Morgan fingerprint density at radius 3 is 1.06 bits per heavy atom. The Bertz CT molecular complexity index is 3790. The fourth-order valence-corrected chi connectivity index (χ4v) is 11.0. The fourth-order valence-electron chi connectivity index (χ4n) is 11.0. The molecular weight excluding hydrogens is 1300 g/mol. The predicted octanol–water partition coefficient (Wildman–Crippen LogP) is 13.9. The minimum absolute atomic E-state index is 0.0172. The number of phenolic OH excluding ortho intramolecular Hbond substituents is 13. The molecule has 8 aromatic carbocycles. The van der Waals surface area contributed by atoms with E-state index in [0.29, 0.717) is 105 Å². The lowest BCUT2D eigenvalue weighted by atomic mass is 9.93. The molecule has 0 aliphatic carbocycles. The highest BCUT2D eigenvalue weighted by atomic mass is 16.6. The fraction of sp³-hybridized carbons (Fsp3) is 0.368. The van der Waals surface area contributed by atoms with Crippen LogP contribution in [0.3, 0.4) is 0 Å². The molecule has 0 spiro atoms. The van der Waals surface area contributed by atoms with E-state index in [4.69, 9.17) is 47.4 Å². The van der Waals surface area contributed by atoms with Gasteiger partial charge in [-0.05, 0) is 77.7 Å². The molecule has 0 saturated carbocycles. The molecule has 4 aliphatic heterocycles. The van der Waals surface area contributed by atoms with Crippen LogP contribution in [0.15, 0.2) is 121 Å². The van der Waals surface area contributed by atoms with Crippen LogP contribution in [0.4, 0.5) is 0 Å². The molecule has 544 valence electrons. The van der Waals surface area contributed by atoms with E-state index in [2.05, 4.69) is 13.8 Å². The van der Waals surface area contributed by atoms with E-state index in [1.165, 1.54) is 121 Å². The summed E-state index contributed by atoms with van der Waals surface area (Å²) >= 11 is 0. The van der Waals surface area contributed by atoms with Crippen molar-refractivity contribution in [1.29, 1.82) is 0 Å². The van der Waals surface area contributed by atoms with E-state index in [-0.39, 0.29) is 99.5 Å². The van der Waals surface area contributed by atoms with Crippen molar-refractivity contribution in [3.05, 3.63) is 166 Å². The lowest BCUT2D eigenvalue weighted by molar-refractivity contribution is -0.0332. The zero-order chi connectivity index (χ0) is 74.2. The molecule has 8 atom stereocenters. The first kappa shape index (κ1) is 80.3. The van der Waals surface area contributed by atoms with Gasteiger partial charge in [-0.2, -0.15) is 0 Å². The van der Waals surface area contributed by atoms with Gasteiger partial charge in [-0.25, -0.2) is 0 Å². The van der Waals surface area contributed by atoms with Crippen LogP contribution in [0.2, 0.25) is 0 Å². The number of aliphatic hydroxyl groups is 1. The Morgan fingerprint density at radius 1 is 0.330 bits per heavy atom. The summed E-state index contributed by atoms with van der Waals surface area (Å²) in [5.41, 5.74) is 4.89. The summed E-state index contributed by atoms with van der Waals surface area (Å²) in [4.78, 5) is 0. The van der Waals surface area contributed by atoms with E-state index in [0.717, 1.165) is 5.56 Å². The number of ether oxygens (including phenoxy) is 10. The number of methoxy groups -OCH3 is 5. The zero-order valence-corrected chi connectivity index (χ0v) is 58.8. The lowest BCUT2D eigenvalue weighted by Gasteiger charge is -2.34. The molecule has 0 aromatic heterocycles. The molecule has 0 fully saturated rings. The van der Waals surface area contributed by atoms with E-state index < -0.39 is 30.5 Å². The third-order valence-electron chi connectivity index (χ3n) is 15.6. The van der Waals surface area contributed by atoms with Crippen molar-refractivity contribution in [2.75, 3.05) is 42.2 Å². The van der Waals surface area contributed by atoms with Crippen molar-refractivity contribution in [1.82, 2.24) is 0 Å². The first-order valence-corrected chi connectivity index (χ1v) is 32.8. The number of benzene rings is 8. The molecule has 0 unspecified atom stereocenters. The summed E-state index contributed by atoms with van der Waals surface area (Å²) in [5, 5.41) is 137. The highest BCUT2D eigenvalue weighted by Crippen LogP contribution is 2.48. The van der Waals surface area contributed by atoms with Crippen LogP contribution in [-0.4, -0.2) is 138 Å². The third kappa shape index (κ3) is 19.7. The van der Waals surface area contributed by atoms with Crippen LogP contribution < -0.4 is 33.2 Å². The standard InChI is InChI=1S/C18H20O6.C17H18O6.2C16H16O6.C3H8.3C2H6/c1-3-23-17-9-12-14(21)7-11(19)8-15(12)24-18(17)10-4-5-13(20)16(6-10)22-2;1-21-10-6-12(18)11-8-14(20)17(23-16(11)7-10)9-3-4-15(22-2)13(19)5-9;2*1-21-15-7-10-12(19)5-9(17)6-14(10)22-16(15)8-2-3-11(18)13(20)4-8;1-3-2;3*1-2/h4-8,17-21H,3,9H2,1-2H3;3-7,14,17-20H,8H2,1-2H3;2*2-6,15-20H,7H2,1H3;3H2,1-2H3;3*1-2H3/t17-,18-;14-,17-;2*15-,16-;;;;/m1111..../s1. The summed E-state index contributed by atoms with van der Waals surface area (Å²) in [6, 6.07) is 29.9. The van der Waals surface area contributed by atoms with E-state index in [1.54, 1.807) is 42.5 Å². The summed E-state index contributed by atoms with van der Waals surface area (Å²) in [6.07, 6.45) is -1.39. The Kier molecular flexibility index (Phi) is 30.6. The van der Waals surface area contributed by atoms with Crippen LogP contribution in [0.25, 0.3) is 0 Å². The Balaban J connectivity index is 0.000000231. The van der Waals surface area contributed by atoms with Crippen molar-refractivity contribution >= 4 is 0 Å². The highest BCUT2D eigenvalue weighted by Gasteiger charge is 2.38. The maximum absolute atomic E-state index is 10.4. The maximum atomic E-state index is 10.4. The molecule has 0 radical (unpaired) electrons. The van der Waals surface area contributed by atoms with Crippen molar-refractivity contribution in [2.45, 2.75) is 143 Å². The van der Waals surface area contributed by atoms with Gasteiger partial charge in [0.2, 0.25) is 0 Å². The Labute approximate surface area is 582 Å². The molecule has 24 heteroatoms. The summed E-state index contributed by atoms with van der Waals surface area (Å²) in [7, 11) is 7.50. The first-order chi connectivity index (χ1) is 48.0. The number of aliphatic hydroxyl groups excluding tert-OH is 1. The second-order valence-corrected chi connectivity index (χ2v) is 22.1. The average molecular weight is 1390 g/mol. The molecule has 12 rings (SSSR count). The number of aromatic hydroxyl groups is 13. The van der Waals surface area contributed by atoms with Crippen LogP contribution in [-0.2, 0) is 39.9 Å². The second kappa shape index (κ2) is 38.1. The van der Waals surface area contributed by atoms with Gasteiger partial charge in [0.05, 0.1) is 27.4 Å². The van der Waals surface area contributed by atoms with Gasteiger partial charge in [0, 0.05) is 117 Å². The van der Waals surface area contributed by atoms with Crippen LogP contribution in [0, 0.1) is 0 Å². The van der Waals surface area contributed by atoms with Gasteiger partial charge in [0.15, 0.2) is 64.3 Å². The molecule has 4 aliphatic rings. The normalized spacial score (nSPS) is 18.4. The Hall–Kier alpha value is -10.4. The van der Waals surface area contributed by atoms with Crippen molar-refractivity contribution in [3.63, 3.8) is 0 Å². The zero-order valence-electron chi connectivity index (χ0n) is 58.8. The van der Waals surface area contributed by atoms with E-state index in [1.807, 2.05) is 48.5 Å². The van der Waals surface area contributed by atoms with Gasteiger partial charge >= 0.3 is 0 Å². The smallest absolute Gasteiger partial charge is 0.160 e. The predicted molar refractivity (Wildman–Crippen MR) is 374 cm³/mol. The summed E-state index contributed by atoms with van der Waals surface area (Å²) in [6.45, 7) is 18.6. The topological polar surface area (TPSA) is 376 Å². The van der Waals surface area contributed by atoms with Crippen LogP contribution in [0.1, 0.15) is 138 Å². The number of hydrogen-bond donors (Lipinski definition) is 14. The SMILES string of the molecule is CC.CC.CC.CCC.CCO[C@@H]1Cc2c(O)cc(O)cc2O[C@@H]1c1ccc(O)c(OC)c1.CO[C@@H]1Cc2c(O)cc(O)cc2O[C@@H]1c1ccc(O)c(O)c1.CO[C@@H]1Cc2c(O)cc(O)cc2O[C@@H]1c1ccc(O)c(O)c1.COc1cc(O)c2c(c1)O[C@H](c1ccc(OC)c(O)c1)[C@H](O)C2. The molecule has 0 amide bonds. The minimum atomic E-state index is -0.852. The molecule has 14 N–H and O–H groups in total. The van der Waals surface area contributed by atoms with Gasteiger partial charge in [-0.3, -0.25) is 0 Å². The number of phenols is 13. The number of hydrogen-bond acceptors (Lipinski definition) is 24. The number of fused-ring (bicyclic) bond motifs is 4. The molecule has 24 nitrogen and oxygen atoms in total. The number of rotatable bonds is 11. The maximum Gasteiger partial charge on any atom is 0.160 e. The first-order valence-electron chi connectivity index (χ1n) is 32.8. The van der Waals surface area contributed by atoms with Crippen LogP contribution >= 0.6 is 0 Å². The quantitative estimate of drug-likeness (QED) is 0.0535. The van der Waals surface area contributed by atoms with Crippen molar-refractivity contribution in [2.24, 2.45) is 0 Å². The highest BCUT2D eigenvalue weighted by molar-refractivity contribution is 5.56. The van der Waals surface area contributed by atoms with Gasteiger partial charge in [-0.15, -0.1) is 0 Å². The molecule has 100 heavy (non-hydrogen) atoms.